The van der Waals surface area contributed by atoms with E-state index in [9.17, 15) is 9.59 Å². The largest absolute Gasteiger partial charge is 0.459 e. The SMILES string of the molecule is CC1=C(C(=O)OC2CCCC2)C(c2cccc(-c3nn[nH]n3)c2)C2=C(CC(c3ccc4c(c3)OCO4)CC2=O)N1. The lowest BCUT2D eigenvalue weighted by molar-refractivity contribution is -0.144. The van der Waals surface area contributed by atoms with Gasteiger partial charge >= 0.3 is 5.97 Å². The highest BCUT2D eigenvalue weighted by Crippen LogP contribution is 2.47. The van der Waals surface area contributed by atoms with Crippen molar-refractivity contribution in [1.29, 1.82) is 0 Å². The van der Waals surface area contributed by atoms with E-state index in [-0.39, 0.29) is 30.6 Å². The van der Waals surface area contributed by atoms with E-state index in [0.29, 0.717) is 47.0 Å². The van der Waals surface area contributed by atoms with Gasteiger partial charge in [-0.15, -0.1) is 10.2 Å². The van der Waals surface area contributed by atoms with Crippen LogP contribution < -0.4 is 14.8 Å². The number of Topliss-reactive ketones (excluding diaryl/α,β-unsaturated/α-hetero) is 1. The van der Waals surface area contributed by atoms with Crippen LogP contribution in [0.2, 0.25) is 0 Å². The fourth-order valence-electron chi connectivity index (χ4n) is 6.41. The van der Waals surface area contributed by atoms with Crippen LogP contribution in [0.3, 0.4) is 0 Å². The number of carbonyl (C=O) groups excluding carboxylic acids is 2. The molecule has 4 aliphatic rings. The fraction of sp³-hybridized carbons (Fsp3) is 0.367. The second kappa shape index (κ2) is 9.93. The molecular formula is C30H29N5O5. The number of H-pyrrole nitrogens is 1. The Bertz CT molecular complexity index is 1550. The maximum absolute atomic E-state index is 14.0. The molecule has 10 nitrogen and oxygen atoms in total. The van der Waals surface area contributed by atoms with E-state index in [4.69, 9.17) is 14.2 Å². The molecule has 2 unspecified atom stereocenters. The van der Waals surface area contributed by atoms with E-state index in [1.54, 1.807) is 0 Å². The van der Waals surface area contributed by atoms with Gasteiger partial charge in [0.1, 0.15) is 6.10 Å². The molecule has 0 radical (unpaired) electrons. The van der Waals surface area contributed by atoms with Crippen molar-refractivity contribution in [2.75, 3.05) is 6.79 Å². The molecular weight excluding hydrogens is 510 g/mol. The van der Waals surface area contributed by atoms with Crippen LogP contribution in [0.1, 0.15) is 68.4 Å². The number of hydrogen-bond donors (Lipinski definition) is 2. The smallest absolute Gasteiger partial charge is 0.337 e. The van der Waals surface area contributed by atoms with Crippen LogP contribution in [0.4, 0.5) is 0 Å². The van der Waals surface area contributed by atoms with Crippen molar-refractivity contribution < 1.29 is 23.8 Å². The molecule has 1 saturated carbocycles. The molecule has 0 bridgehead atoms. The Morgan fingerprint density at radius 2 is 1.88 bits per heavy atom. The highest BCUT2D eigenvalue weighted by atomic mass is 16.7. The summed E-state index contributed by atoms with van der Waals surface area (Å²) < 4.78 is 17.0. The van der Waals surface area contributed by atoms with Crippen LogP contribution in [0.5, 0.6) is 11.5 Å². The Morgan fingerprint density at radius 3 is 2.70 bits per heavy atom. The number of hydrogen-bond acceptors (Lipinski definition) is 9. The normalized spacial score (nSPS) is 22.4. The number of esters is 1. The molecule has 1 fully saturated rings. The molecule has 2 aromatic carbocycles. The van der Waals surface area contributed by atoms with Crippen molar-refractivity contribution in [2.45, 2.75) is 63.4 Å². The van der Waals surface area contributed by atoms with E-state index in [2.05, 4.69) is 25.9 Å². The molecule has 3 heterocycles. The minimum Gasteiger partial charge on any atom is -0.459 e. The number of aromatic nitrogens is 4. The molecule has 2 atom stereocenters. The summed E-state index contributed by atoms with van der Waals surface area (Å²) in [6.07, 6.45) is 4.71. The number of fused-ring (bicyclic) bond motifs is 1. The molecule has 2 aliphatic carbocycles. The lowest BCUT2D eigenvalue weighted by Crippen LogP contribution is -2.36. The third kappa shape index (κ3) is 4.33. The standard InChI is InChI=1S/C30H29N5O5/c1-16-26(30(37)40-21-7-2-3-8-21)27(18-5-4-6-19(11-18)29-32-34-35-33-29)28-22(31-16)12-20(13-23(28)36)17-9-10-24-25(14-17)39-15-38-24/h4-6,9-11,14,20-21,27,31H,2-3,7-8,12-13,15H2,1H3,(H,32,33,34,35). The highest BCUT2D eigenvalue weighted by molar-refractivity contribution is 6.04. The summed E-state index contributed by atoms with van der Waals surface area (Å²) in [5, 5.41) is 17.8. The third-order valence-electron chi connectivity index (χ3n) is 8.31. The van der Waals surface area contributed by atoms with Gasteiger partial charge in [-0.05, 0) is 79.5 Å². The van der Waals surface area contributed by atoms with E-state index in [0.717, 1.165) is 48.1 Å². The highest BCUT2D eigenvalue weighted by Gasteiger charge is 2.42. The number of allylic oxidation sites excluding steroid dienone is 3. The van der Waals surface area contributed by atoms with Gasteiger partial charge in [0.05, 0.1) is 5.57 Å². The second-order valence-electron chi connectivity index (χ2n) is 10.8. The van der Waals surface area contributed by atoms with E-state index in [1.165, 1.54) is 0 Å². The Balaban J connectivity index is 1.28. The first-order valence-corrected chi connectivity index (χ1v) is 13.7. The van der Waals surface area contributed by atoms with Crippen molar-refractivity contribution in [1.82, 2.24) is 25.9 Å². The molecule has 3 aromatic rings. The van der Waals surface area contributed by atoms with Gasteiger partial charge in [-0.1, -0.05) is 24.3 Å². The number of benzene rings is 2. The molecule has 0 amide bonds. The molecule has 40 heavy (non-hydrogen) atoms. The number of tetrazole rings is 1. The summed E-state index contributed by atoms with van der Waals surface area (Å²) in [6.45, 7) is 2.09. The van der Waals surface area contributed by atoms with Crippen molar-refractivity contribution in [3.05, 3.63) is 76.1 Å². The number of carbonyl (C=O) groups is 2. The first kappa shape index (κ1) is 24.6. The summed E-state index contributed by atoms with van der Waals surface area (Å²) in [7, 11) is 0. The van der Waals surface area contributed by atoms with Crippen LogP contribution in [0.25, 0.3) is 11.4 Å². The number of ketones is 1. The lowest BCUT2D eigenvalue weighted by Gasteiger charge is -2.37. The van der Waals surface area contributed by atoms with Crippen LogP contribution in [0, 0.1) is 0 Å². The van der Waals surface area contributed by atoms with Gasteiger partial charge in [0.25, 0.3) is 0 Å². The molecule has 2 N–H and O–H groups in total. The van der Waals surface area contributed by atoms with Crippen LogP contribution in [-0.2, 0) is 14.3 Å². The molecule has 204 valence electrons. The Hall–Kier alpha value is -4.47. The summed E-state index contributed by atoms with van der Waals surface area (Å²) in [4.78, 5) is 27.7. The lowest BCUT2D eigenvalue weighted by atomic mass is 9.71. The van der Waals surface area contributed by atoms with E-state index < -0.39 is 5.92 Å². The monoisotopic (exact) mass is 539 g/mol. The number of nitrogens with one attached hydrogen (secondary N) is 2. The first-order valence-electron chi connectivity index (χ1n) is 13.7. The quantitative estimate of drug-likeness (QED) is 0.452. The van der Waals surface area contributed by atoms with Gasteiger partial charge < -0.3 is 19.5 Å². The van der Waals surface area contributed by atoms with Gasteiger partial charge in [0, 0.05) is 34.9 Å². The number of nitrogens with zero attached hydrogens (tertiary/aromatic N) is 3. The molecule has 0 spiro atoms. The molecule has 7 rings (SSSR count). The summed E-state index contributed by atoms with van der Waals surface area (Å²) in [5.41, 5.74) is 5.21. The number of rotatable bonds is 5. The predicted molar refractivity (Wildman–Crippen MR) is 143 cm³/mol. The average Bonchev–Trinajstić information content (AvgIpc) is 3.75. The summed E-state index contributed by atoms with van der Waals surface area (Å²) in [6, 6.07) is 13.5. The third-order valence-corrected chi connectivity index (χ3v) is 8.31. The van der Waals surface area contributed by atoms with Crippen molar-refractivity contribution in [3.63, 3.8) is 0 Å². The zero-order chi connectivity index (χ0) is 27.2. The predicted octanol–water partition coefficient (Wildman–Crippen LogP) is 4.44. The first-order chi connectivity index (χ1) is 19.5. The number of dihydropyridines is 1. The molecule has 10 heteroatoms. The average molecular weight is 540 g/mol. The summed E-state index contributed by atoms with van der Waals surface area (Å²) in [5.74, 6) is 0.896. The van der Waals surface area contributed by atoms with Crippen molar-refractivity contribution >= 4 is 11.8 Å². The zero-order valence-corrected chi connectivity index (χ0v) is 22.1. The van der Waals surface area contributed by atoms with Crippen LogP contribution in [0.15, 0.2) is 65.0 Å². The fourth-order valence-corrected chi connectivity index (χ4v) is 6.41. The van der Waals surface area contributed by atoms with Gasteiger partial charge in [-0.2, -0.15) is 5.21 Å². The maximum atomic E-state index is 14.0. The van der Waals surface area contributed by atoms with Gasteiger partial charge in [0.2, 0.25) is 12.6 Å². The molecule has 2 aliphatic heterocycles. The minimum absolute atomic E-state index is 0.00467. The minimum atomic E-state index is -0.567. The topological polar surface area (TPSA) is 128 Å². The molecule has 0 saturated heterocycles. The van der Waals surface area contributed by atoms with Crippen molar-refractivity contribution in [2.24, 2.45) is 0 Å². The Kier molecular flexibility index (Phi) is 6.10. The second-order valence-corrected chi connectivity index (χ2v) is 10.8. The van der Waals surface area contributed by atoms with E-state index in [1.807, 2.05) is 49.4 Å². The van der Waals surface area contributed by atoms with Crippen LogP contribution >= 0.6 is 0 Å². The Labute approximate surface area is 230 Å². The Morgan fingerprint density at radius 1 is 1.02 bits per heavy atom. The molecule has 1 aromatic heterocycles. The number of aromatic amines is 1. The number of ether oxygens (including phenoxy) is 3. The van der Waals surface area contributed by atoms with Crippen LogP contribution in [-0.4, -0.2) is 45.3 Å². The van der Waals surface area contributed by atoms with E-state index >= 15 is 0 Å². The maximum Gasteiger partial charge on any atom is 0.337 e. The zero-order valence-electron chi connectivity index (χ0n) is 22.1. The summed E-state index contributed by atoms with van der Waals surface area (Å²) >= 11 is 0. The van der Waals surface area contributed by atoms with Gasteiger partial charge in [0.15, 0.2) is 17.3 Å². The van der Waals surface area contributed by atoms with Crippen molar-refractivity contribution in [3.8, 4) is 22.9 Å². The van der Waals surface area contributed by atoms with Gasteiger partial charge in [-0.3, -0.25) is 4.79 Å². The van der Waals surface area contributed by atoms with Gasteiger partial charge in [-0.25, -0.2) is 4.79 Å².